The van der Waals surface area contributed by atoms with E-state index in [-0.39, 0.29) is 23.3 Å². The minimum absolute atomic E-state index is 0.0844. The summed E-state index contributed by atoms with van der Waals surface area (Å²) in [5, 5.41) is 4.35. The molecule has 1 aliphatic rings. The molecule has 0 bridgehead atoms. The highest BCUT2D eigenvalue weighted by molar-refractivity contribution is 6.31. The van der Waals surface area contributed by atoms with Crippen LogP contribution in [0, 0.1) is 0 Å². The largest absolute Gasteiger partial charge is 0.356 e. The SMILES string of the molecule is CCCC(N[C@H]1CCN(c2cc(=O)n(C)c(=O)n2C)C1)c1ncccc1Cl. The van der Waals surface area contributed by atoms with E-state index in [1.54, 1.807) is 13.2 Å². The van der Waals surface area contributed by atoms with Gasteiger partial charge in [-0.2, -0.15) is 0 Å². The fraction of sp³-hybridized carbons (Fsp3) is 0.526. The van der Waals surface area contributed by atoms with E-state index < -0.39 is 0 Å². The van der Waals surface area contributed by atoms with Crippen molar-refractivity contribution in [3.05, 3.63) is 56.0 Å². The van der Waals surface area contributed by atoms with E-state index in [9.17, 15) is 9.59 Å². The Balaban J connectivity index is 1.77. The lowest BCUT2D eigenvalue weighted by molar-refractivity contribution is 0.424. The number of anilines is 1. The third-order valence-electron chi connectivity index (χ3n) is 5.14. The molecule has 0 aromatic carbocycles. The zero-order valence-electron chi connectivity index (χ0n) is 16.0. The van der Waals surface area contributed by atoms with Crippen molar-refractivity contribution >= 4 is 17.4 Å². The van der Waals surface area contributed by atoms with Crippen LogP contribution in [0.4, 0.5) is 5.82 Å². The summed E-state index contributed by atoms with van der Waals surface area (Å²) in [6, 6.07) is 5.55. The highest BCUT2D eigenvalue weighted by Gasteiger charge is 2.28. The Kier molecular flexibility index (Phi) is 6.01. The van der Waals surface area contributed by atoms with Crippen molar-refractivity contribution in [1.29, 1.82) is 0 Å². The topological polar surface area (TPSA) is 72.2 Å². The number of aromatic nitrogens is 3. The Morgan fingerprint density at radius 1 is 1.33 bits per heavy atom. The highest BCUT2D eigenvalue weighted by Crippen LogP contribution is 2.26. The van der Waals surface area contributed by atoms with Crippen LogP contribution in [0.5, 0.6) is 0 Å². The van der Waals surface area contributed by atoms with Crippen LogP contribution in [0.2, 0.25) is 5.02 Å². The first-order valence-corrected chi connectivity index (χ1v) is 9.68. The molecule has 7 nitrogen and oxygen atoms in total. The van der Waals surface area contributed by atoms with E-state index in [0.29, 0.717) is 10.8 Å². The summed E-state index contributed by atoms with van der Waals surface area (Å²) in [4.78, 5) is 30.8. The molecule has 2 aromatic rings. The summed E-state index contributed by atoms with van der Waals surface area (Å²) in [5.41, 5.74) is 0.284. The number of hydrogen-bond acceptors (Lipinski definition) is 5. The summed E-state index contributed by atoms with van der Waals surface area (Å²) in [6.45, 7) is 3.65. The van der Waals surface area contributed by atoms with Crippen molar-refractivity contribution in [3.63, 3.8) is 0 Å². The number of halogens is 1. The molecule has 1 aliphatic heterocycles. The molecule has 2 aromatic heterocycles. The first kappa shape index (κ1) is 19.6. The zero-order chi connectivity index (χ0) is 19.6. The van der Waals surface area contributed by atoms with Gasteiger partial charge in [0.1, 0.15) is 5.82 Å². The third kappa shape index (κ3) is 4.09. The molecule has 0 aliphatic carbocycles. The normalized spacial score (nSPS) is 18.1. The molecule has 1 fully saturated rings. The van der Waals surface area contributed by atoms with Gasteiger partial charge in [-0.1, -0.05) is 24.9 Å². The quantitative estimate of drug-likeness (QED) is 0.813. The van der Waals surface area contributed by atoms with E-state index in [4.69, 9.17) is 11.6 Å². The van der Waals surface area contributed by atoms with Crippen molar-refractivity contribution in [3.8, 4) is 0 Å². The minimum atomic E-state index is -0.307. The average Bonchev–Trinajstić information content (AvgIpc) is 3.11. The van der Waals surface area contributed by atoms with Gasteiger partial charge in [0.2, 0.25) is 0 Å². The maximum atomic E-state index is 12.2. The highest BCUT2D eigenvalue weighted by atomic mass is 35.5. The summed E-state index contributed by atoms with van der Waals surface area (Å²) < 4.78 is 2.65. The number of nitrogens with one attached hydrogen (secondary N) is 1. The molecular weight excluding hydrogens is 366 g/mol. The number of rotatable bonds is 6. The Hall–Kier alpha value is -2.12. The Labute approximate surface area is 163 Å². The van der Waals surface area contributed by atoms with E-state index in [0.717, 1.165) is 42.6 Å². The second-order valence-electron chi connectivity index (χ2n) is 7.05. The van der Waals surface area contributed by atoms with E-state index in [2.05, 4.69) is 22.1 Å². The maximum absolute atomic E-state index is 12.2. The van der Waals surface area contributed by atoms with Crippen LogP contribution in [0.3, 0.4) is 0 Å². The van der Waals surface area contributed by atoms with Crippen LogP contribution < -0.4 is 21.5 Å². The average molecular weight is 392 g/mol. The van der Waals surface area contributed by atoms with Gasteiger partial charge in [-0.15, -0.1) is 0 Å². The van der Waals surface area contributed by atoms with Crippen LogP contribution in [-0.2, 0) is 14.1 Å². The monoisotopic (exact) mass is 391 g/mol. The molecule has 1 N–H and O–H groups in total. The summed E-state index contributed by atoms with van der Waals surface area (Å²) >= 11 is 6.35. The van der Waals surface area contributed by atoms with Crippen LogP contribution in [0.1, 0.15) is 37.9 Å². The molecular formula is C19H26ClN5O2. The molecule has 3 rings (SSSR count). The van der Waals surface area contributed by atoms with Gasteiger partial charge in [-0.3, -0.25) is 18.9 Å². The lowest BCUT2D eigenvalue weighted by Crippen LogP contribution is -2.41. The van der Waals surface area contributed by atoms with Crippen molar-refractivity contribution < 1.29 is 0 Å². The molecule has 1 unspecified atom stereocenters. The van der Waals surface area contributed by atoms with Crippen LogP contribution in [0.25, 0.3) is 0 Å². The van der Waals surface area contributed by atoms with E-state index in [1.807, 2.05) is 12.1 Å². The molecule has 0 saturated carbocycles. The predicted octanol–water partition coefficient (Wildman–Crippen LogP) is 1.84. The van der Waals surface area contributed by atoms with Gasteiger partial charge in [0.25, 0.3) is 5.56 Å². The lowest BCUT2D eigenvalue weighted by atomic mass is 10.1. The fourth-order valence-electron chi connectivity index (χ4n) is 3.66. The van der Waals surface area contributed by atoms with Crippen LogP contribution in [-0.4, -0.2) is 33.2 Å². The standard InChI is InChI=1S/C19H26ClN5O2/c1-4-6-15(18-14(20)7-5-9-21-18)22-13-8-10-25(12-13)16-11-17(26)24(3)19(27)23(16)2/h5,7,9,11,13,15,22H,4,6,8,10,12H2,1-3H3/t13-,15?/m0/s1. The second-order valence-corrected chi connectivity index (χ2v) is 7.46. The maximum Gasteiger partial charge on any atom is 0.332 e. The molecule has 0 radical (unpaired) electrons. The number of pyridine rings is 1. The molecule has 146 valence electrons. The Morgan fingerprint density at radius 3 is 2.81 bits per heavy atom. The van der Waals surface area contributed by atoms with E-state index >= 15 is 0 Å². The van der Waals surface area contributed by atoms with Crippen molar-refractivity contribution in [2.75, 3.05) is 18.0 Å². The summed E-state index contributed by atoms with van der Waals surface area (Å²) in [5.74, 6) is 0.662. The Morgan fingerprint density at radius 2 is 2.11 bits per heavy atom. The second kappa shape index (κ2) is 8.27. The van der Waals surface area contributed by atoms with Crippen molar-refractivity contribution in [2.24, 2.45) is 14.1 Å². The molecule has 3 heterocycles. The fourth-order valence-corrected chi connectivity index (χ4v) is 3.91. The molecule has 8 heteroatoms. The molecule has 1 saturated heterocycles. The number of hydrogen-bond donors (Lipinski definition) is 1. The van der Waals surface area contributed by atoms with Crippen molar-refractivity contribution in [2.45, 2.75) is 38.3 Å². The Bertz CT molecular complexity index is 923. The van der Waals surface area contributed by atoms with Gasteiger partial charge in [-0.25, -0.2) is 4.79 Å². The first-order valence-electron chi connectivity index (χ1n) is 9.30. The third-order valence-corrected chi connectivity index (χ3v) is 5.46. The van der Waals surface area contributed by atoms with Crippen LogP contribution >= 0.6 is 11.6 Å². The minimum Gasteiger partial charge on any atom is -0.356 e. The number of nitrogens with zero attached hydrogens (tertiary/aromatic N) is 4. The molecule has 27 heavy (non-hydrogen) atoms. The molecule has 0 spiro atoms. The summed E-state index contributed by atoms with van der Waals surface area (Å²) in [7, 11) is 3.19. The van der Waals surface area contributed by atoms with Gasteiger partial charge in [0.05, 0.1) is 16.8 Å². The van der Waals surface area contributed by atoms with Gasteiger partial charge in [0, 0.05) is 45.5 Å². The van der Waals surface area contributed by atoms with Gasteiger partial charge in [-0.05, 0) is 25.0 Å². The van der Waals surface area contributed by atoms with Gasteiger partial charge < -0.3 is 10.2 Å². The summed E-state index contributed by atoms with van der Waals surface area (Å²) in [6.07, 6.45) is 4.65. The smallest absolute Gasteiger partial charge is 0.332 e. The van der Waals surface area contributed by atoms with Gasteiger partial charge >= 0.3 is 5.69 Å². The lowest BCUT2D eigenvalue weighted by Gasteiger charge is -2.25. The molecule has 2 atom stereocenters. The zero-order valence-corrected chi connectivity index (χ0v) is 16.7. The first-order chi connectivity index (χ1) is 12.9. The van der Waals surface area contributed by atoms with Crippen LogP contribution in [0.15, 0.2) is 34.0 Å². The van der Waals surface area contributed by atoms with Gasteiger partial charge in [0.15, 0.2) is 0 Å². The van der Waals surface area contributed by atoms with E-state index in [1.165, 1.54) is 17.7 Å². The molecule has 0 amide bonds. The predicted molar refractivity (Wildman–Crippen MR) is 108 cm³/mol. The van der Waals surface area contributed by atoms with Crippen molar-refractivity contribution in [1.82, 2.24) is 19.4 Å².